The predicted octanol–water partition coefficient (Wildman–Crippen LogP) is 3.50. The van der Waals surface area contributed by atoms with Crippen LogP contribution in [0.25, 0.3) is 0 Å². The van der Waals surface area contributed by atoms with Gasteiger partial charge >= 0.3 is 11.9 Å². The minimum atomic E-state index is -0.975. The number of anilines is 1. The minimum absolute atomic E-state index is 0.0787. The fourth-order valence-electron chi connectivity index (χ4n) is 2.78. The first-order valence-corrected chi connectivity index (χ1v) is 11.2. The molecule has 2 aromatic rings. The van der Waals surface area contributed by atoms with Gasteiger partial charge in [0.1, 0.15) is 10.8 Å². The van der Waals surface area contributed by atoms with E-state index in [2.05, 4.69) is 10.6 Å². The number of ether oxygens (including phenoxy) is 3. The molecule has 33 heavy (non-hydrogen) atoms. The zero-order chi connectivity index (χ0) is 24.7. The monoisotopic (exact) mass is 496 g/mol. The van der Waals surface area contributed by atoms with Gasteiger partial charge in [-0.25, -0.2) is 9.59 Å². The van der Waals surface area contributed by atoms with Gasteiger partial charge in [-0.1, -0.05) is 11.6 Å². The molecular weight excluding hydrogens is 472 g/mol. The molecule has 1 aromatic carbocycles. The number of amides is 2. The van der Waals surface area contributed by atoms with Crippen molar-refractivity contribution >= 4 is 51.7 Å². The highest BCUT2D eigenvalue weighted by Gasteiger charge is 2.27. The molecule has 0 aliphatic rings. The molecule has 178 valence electrons. The predicted molar refractivity (Wildman–Crippen MR) is 124 cm³/mol. The third-order valence-electron chi connectivity index (χ3n) is 4.43. The van der Waals surface area contributed by atoms with E-state index in [-0.39, 0.29) is 22.0 Å². The van der Waals surface area contributed by atoms with Crippen molar-refractivity contribution in [1.82, 2.24) is 5.32 Å². The molecule has 2 N–H and O–H groups in total. The highest BCUT2D eigenvalue weighted by atomic mass is 35.5. The summed E-state index contributed by atoms with van der Waals surface area (Å²) in [5.74, 6) is -2.05. The second-order valence-corrected chi connectivity index (χ2v) is 8.34. The van der Waals surface area contributed by atoms with Gasteiger partial charge in [-0.15, -0.1) is 11.3 Å². The average molecular weight is 497 g/mol. The third-order valence-corrected chi connectivity index (χ3v) is 5.87. The van der Waals surface area contributed by atoms with Crippen LogP contribution in [0.1, 0.15) is 45.0 Å². The van der Waals surface area contributed by atoms with Crippen LogP contribution in [0.2, 0.25) is 5.02 Å². The standard InChI is InChI=1S/C22H25ClN2O7S/c1-6-30-22(29)17-12(3)18(19(27)24-5)33-20(17)25-16(26)10-31-21(28)13(4)32-15-8-7-14(23)9-11(15)2/h7-9,13H,6,10H2,1-5H3,(H,24,27)(H,25,26). The van der Waals surface area contributed by atoms with Crippen LogP contribution in [0.3, 0.4) is 0 Å². The Morgan fingerprint density at radius 3 is 2.45 bits per heavy atom. The number of hydrogen-bond acceptors (Lipinski definition) is 8. The van der Waals surface area contributed by atoms with E-state index in [0.29, 0.717) is 16.3 Å². The maximum atomic E-state index is 12.4. The molecular formula is C22H25ClN2O7S. The zero-order valence-electron chi connectivity index (χ0n) is 18.9. The van der Waals surface area contributed by atoms with Crippen LogP contribution >= 0.6 is 22.9 Å². The maximum Gasteiger partial charge on any atom is 0.347 e. The van der Waals surface area contributed by atoms with E-state index in [1.54, 1.807) is 39.0 Å². The molecule has 0 aliphatic carbocycles. The van der Waals surface area contributed by atoms with Gasteiger partial charge in [0.2, 0.25) is 0 Å². The summed E-state index contributed by atoms with van der Waals surface area (Å²) >= 11 is 6.84. The molecule has 2 rings (SSSR count). The Hall–Kier alpha value is -3.11. The number of aryl methyl sites for hydroxylation is 1. The van der Waals surface area contributed by atoms with Crippen molar-refractivity contribution in [2.45, 2.75) is 33.8 Å². The lowest BCUT2D eigenvalue weighted by molar-refractivity contribution is -0.153. The molecule has 9 nitrogen and oxygen atoms in total. The molecule has 0 spiro atoms. The fraction of sp³-hybridized carbons (Fsp3) is 0.364. The Kier molecular flexibility index (Phi) is 9.24. The summed E-state index contributed by atoms with van der Waals surface area (Å²) < 4.78 is 15.6. The summed E-state index contributed by atoms with van der Waals surface area (Å²) in [5.41, 5.74) is 1.20. The summed E-state index contributed by atoms with van der Waals surface area (Å²) in [6.45, 7) is 6.02. The first-order chi connectivity index (χ1) is 15.6. The van der Waals surface area contributed by atoms with Crippen molar-refractivity contribution in [3.63, 3.8) is 0 Å². The van der Waals surface area contributed by atoms with Crippen LogP contribution < -0.4 is 15.4 Å². The Balaban J connectivity index is 2.05. The SMILES string of the molecule is CCOC(=O)c1c(NC(=O)COC(=O)C(C)Oc2ccc(Cl)cc2C)sc(C(=O)NC)c1C. The first-order valence-electron chi connectivity index (χ1n) is 10.0. The summed E-state index contributed by atoms with van der Waals surface area (Å²) in [6.07, 6.45) is -0.975. The Labute approximate surface area is 200 Å². The van der Waals surface area contributed by atoms with Gasteiger partial charge in [0, 0.05) is 12.1 Å². The van der Waals surface area contributed by atoms with E-state index in [0.717, 1.165) is 16.9 Å². The first kappa shape index (κ1) is 26.1. The molecule has 0 saturated carbocycles. The molecule has 1 unspecified atom stereocenters. The van der Waals surface area contributed by atoms with Crippen molar-refractivity contribution < 1.29 is 33.4 Å². The number of esters is 2. The number of nitrogens with one attached hydrogen (secondary N) is 2. The molecule has 1 aromatic heterocycles. The van der Waals surface area contributed by atoms with Gasteiger partial charge in [0.05, 0.1) is 17.0 Å². The van der Waals surface area contributed by atoms with E-state index < -0.39 is 36.5 Å². The highest BCUT2D eigenvalue weighted by molar-refractivity contribution is 7.18. The molecule has 11 heteroatoms. The van der Waals surface area contributed by atoms with Crippen LogP contribution in [0, 0.1) is 13.8 Å². The van der Waals surface area contributed by atoms with Crippen LogP contribution in [0.15, 0.2) is 18.2 Å². The normalized spacial score (nSPS) is 11.3. The van der Waals surface area contributed by atoms with Crippen molar-refractivity contribution in [3.05, 3.63) is 44.8 Å². The molecule has 0 bridgehead atoms. The molecule has 0 radical (unpaired) electrons. The quantitative estimate of drug-likeness (QED) is 0.510. The van der Waals surface area contributed by atoms with Crippen molar-refractivity contribution in [2.24, 2.45) is 0 Å². The van der Waals surface area contributed by atoms with E-state index in [1.165, 1.54) is 14.0 Å². The molecule has 1 atom stereocenters. The van der Waals surface area contributed by atoms with Crippen molar-refractivity contribution in [3.8, 4) is 5.75 Å². The number of thiophene rings is 1. The third kappa shape index (κ3) is 6.69. The summed E-state index contributed by atoms with van der Waals surface area (Å²) in [4.78, 5) is 49.4. The zero-order valence-corrected chi connectivity index (χ0v) is 20.4. The number of hydrogen-bond donors (Lipinski definition) is 2. The molecule has 1 heterocycles. The lowest BCUT2D eigenvalue weighted by Crippen LogP contribution is -2.30. The van der Waals surface area contributed by atoms with Crippen LogP contribution in [-0.4, -0.2) is 50.1 Å². The van der Waals surface area contributed by atoms with Crippen LogP contribution in [0.4, 0.5) is 5.00 Å². The summed E-state index contributed by atoms with van der Waals surface area (Å²) in [7, 11) is 1.46. The number of carbonyl (C=O) groups excluding carboxylic acids is 4. The van der Waals surface area contributed by atoms with Crippen LogP contribution in [0.5, 0.6) is 5.75 Å². The van der Waals surface area contributed by atoms with Gasteiger partial charge in [-0.3, -0.25) is 9.59 Å². The highest BCUT2D eigenvalue weighted by Crippen LogP contribution is 2.33. The van der Waals surface area contributed by atoms with E-state index >= 15 is 0 Å². The van der Waals surface area contributed by atoms with Gasteiger partial charge in [0.25, 0.3) is 11.8 Å². The van der Waals surface area contributed by atoms with Gasteiger partial charge in [-0.2, -0.15) is 0 Å². The smallest absolute Gasteiger partial charge is 0.347 e. The molecule has 0 aliphatic heterocycles. The second-order valence-electron chi connectivity index (χ2n) is 6.89. The number of carbonyl (C=O) groups is 4. The average Bonchev–Trinajstić information content (AvgIpc) is 3.09. The Morgan fingerprint density at radius 1 is 1.15 bits per heavy atom. The molecule has 0 fully saturated rings. The number of halogens is 1. The molecule has 0 saturated heterocycles. The number of rotatable bonds is 9. The lowest BCUT2D eigenvalue weighted by Gasteiger charge is -2.15. The number of benzene rings is 1. The van der Waals surface area contributed by atoms with Crippen molar-refractivity contribution in [1.29, 1.82) is 0 Å². The Bertz CT molecular complexity index is 1070. The van der Waals surface area contributed by atoms with Gasteiger partial charge in [0.15, 0.2) is 12.7 Å². The van der Waals surface area contributed by atoms with Gasteiger partial charge < -0.3 is 24.8 Å². The largest absolute Gasteiger partial charge is 0.479 e. The van der Waals surface area contributed by atoms with Gasteiger partial charge in [-0.05, 0) is 57.0 Å². The van der Waals surface area contributed by atoms with E-state index in [1.807, 2.05) is 0 Å². The molecule has 2 amide bonds. The van der Waals surface area contributed by atoms with E-state index in [9.17, 15) is 19.2 Å². The topological polar surface area (TPSA) is 120 Å². The Morgan fingerprint density at radius 2 is 1.85 bits per heavy atom. The maximum absolute atomic E-state index is 12.4. The lowest BCUT2D eigenvalue weighted by atomic mass is 10.1. The fourth-order valence-corrected chi connectivity index (χ4v) is 4.17. The second kappa shape index (κ2) is 11.7. The van der Waals surface area contributed by atoms with Crippen molar-refractivity contribution in [2.75, 3.05) is 25.6 Å². The van der Waals surface area contributed by atoms with E-state index in [4.69, 9.17) is 25.8 Å². The van der Waals surface area contributed by atoms with Crippen LogP contribution in [-0.2, 0) is 19.1 Å². The minimum Gasteiger partial charge on any atom is -0.479 e. The summed E-state index contributed by atoms with van der Waals surface area (Å²) in [6, 6.07) is 4.96. The summed E-state index contributed by atoms with van der Waals surface area (Å²) in [5, 5.41) is 5.67.